The summed E-state index contributed by atoms with van der Waals surface area (Å²) in [6, 6.07) is 13.4. The van der Waals surface area contributed by atoms with Gasteiger partial charge in [0.15, 0.2) is 5.84 Å². The van der Waals surface area contributed by atoms with Crippen molar-refractivity contribution in [3.63, 3.8) is 0 Å². The minimum Gasteiger partial charge on any atom is -0.457 e. The first-order valence-corrected chi connectivity index (χ1v) is 6.49. The van der Waals surface area contributed by atoms with Gasteiger partial charge in [-0.05, 0) is 43.2 Å². The predicted molar refractivity (Wildman–Crippen MR) is 79.6 cm³/mol. The number of benzene rings is 2. The van der Waals surface area contributed by atoms with Gasteiger partial charge in [0, 0.05) is 0 Å². The van der Waals surface area contributed by atoms with Gasteiger partial charge < -0.3 is 15.7 Å². The molecule has 0 bridgehead atoms. The van der Waals surface area contributed by atoms with Gasteiger partial charge in [-0.1, -0.05) is 35.8 Å². The number of nitrogens with zero attached hydrogens (tertiary/aromatic N) is 1. The second-order valence-electron chi connectivity index (χ2n) is 4.59. The molecular formula is C16H18N2O2. The average Bonchev–Trinajstić information content (AvgIpc) is 2.48. The van der Waals surface area contributed by atoms with Crippen molar-refractivity contribution in [2.75, 3.05) is 0 Å². The molecule has 0 aromatic heterocycles. The van der Waals surface area contributed by atoms with Crippen LogP contribution in [0.2, 0.25) is 0 Å². The highest BCUT2D eigenvalue weighted by atomic mass is 16.5. The summed E-state index contributed by atoms with van der Waals surface area (Å²) in [5.74, 6) is 1.34. The minimum absolute atomic E-state index is 0.0374. The Hall–Kier alpha value is -2.49. The number of rotatable bonds is 4. The fourth-order valence-corrected chi connectivity index (χ4v) is 1.94. The van der Waals surface area contributed by atoms with Crippen LogP contribution < -0.4 is 10.5 Å². The average molecular weight is 270 g/mol. The van der Waals surface area contributed by atoms with Gasteiger partial charge in [0.2, 0.25) is 0 Å². The van der Waals surface area contributed by atoms with E-state index < -0.39 is 0 Å². The number of aryl methyl sites for hydroxylation is 2. The Kier molecular flexibility index (Phi) is 4.25. The molecule has 0 spiro atoms. The molecule has 2 rings (SSSR count). The Balaban J connectivity index is 2.37. The second-order valence-corrected chi connectivity index (χ2v) is 4.59. The van der Waals surface area contributed by atoms with Crippen LogP contribution in [0.3, 0.4) is 0 Å². The van der Waals surface area contributed by atoms with E-state index in [0.29, 0.717) is 11.3 Å². The zero-order chi connectivity index (χ0) is 14.5. The maximum Gasteiger partial charge on any atom is 0.173 e. The molecule has 0 aliphatic carbocycles. The van der Waals surface area contributed by atoms with Gasteiger partial charge in [0.05, 0.1) is 5.56 Å². The molecule has 2 aromatic rings. The van der Waals surface area contributed by atoms with E-state index in [-0.39, 0.29) is 5.84 Å². The molecule has 0 saturated heterocycles. The van der Waals surface area contributed by atoms with Gasteiger partial charge in [-0.2, -0.15) is 0 Å². The fraction of sp³-hybridized carbons (Fsp3) is 0.188. The van der Waals surface area contributed by atoms with E-state index in [2.05, 4.69) is 12.1 Å². The number of hydrogen-bond donors (Lipinski definition) is 2. The topological polar surface area (TPSA) is 67.8 Å². The van der Waals surface area contributed by atoms with Crippen LogP contribution in [0.4, 0.5) is 0 Å². The van der Waals surface area contributed by atoms with Gasteiger partial charge in [-0.25, -0.2) is 0 Å². The smallest absolute Gasteiger partial charge is 0.173 e. The van der Waals surface area contributed by atoms with Crippen LogP contribution in [0, 0.1) is 6.92 Å². The van der Waals surface area contributed by atoms with Crippen LogP contribution in [0.15, 0.2) is 47.6 Å². The molecule has 2 aromatic carbocycles. The lowest BCUT2D eigenvalue weighted by Gasteiger charge is -2.11. The standard InChI is InChI=1S/C16H18N2O2/c1-3-12-5-4-6-13(10-12)20-15-8-7-11(2)9-14(15)16(17)18-19/h4-10,19H,3H2,1-2H3,(H2,17,18). The van der Waals surface area contributed by atoms with Crippen molar-refractivity contribution >= 4 is 5.84 Å². The van der Waals surface area contributed by atoms with E-state index in [1.807, 2.05) is 49.4 Å². The molecule has 4 heteroatoms. The first-order valence-electron chi connectivity index (χ1n) is 6.49. The molecule has 3 N–H and O–H groups in total. The lowest BCUT2D eigenvalue weighted by molar-refractivity contribution is 0.318. The third-order valence-electron chi connectivity index (χ3n) is 3.05. The van der Waals surface area contributed by atoms with E-state index in [9.17, 15) is 0 Å². The maximum atomic E-state index is 8.86. The quantitative estimate of drug-likeness (QED) is 0.387. The normalized spacial score (nSPS) is 11.4. The van der Waals surface area contributed by atoms with Crippen molar-refractivity contribution in [1.29, 1.82) is 0 Å². The van der Waals surface area contributed by atoms with Crippen LogP contribution in [-0.4, -0.2) is 11.0 Å². The first-order chi connectivity index (χ1) is 9.63. The Morgan fingerprint density at radius 1 is 1.25 bits per heavy atom. The number of oxime groups is 1. The Morgan fingerprint density at radius 3 is 2.75 bits per heavy atom. The van der Waals surface area contributed by atoms with Crippen LogP contribution in [0.1, 0.15) is 23.6 Å². The summed E-state index contributed by atoms with van der Waals surface area (Å²) < 4.78 is 5.86. The highest BCUT2D eigenvalue weighted by Crippen LogP contribution is 2.27. The highest BCUT2D eigenvalue weighted by molar-refractivity contribution is 5.99. The van der Waals surface area contributed by atoms with E-state index in [1.165, 1.54) is 5.56 Å². The number of ether oxygens (including phenoxy) is 1. The molecule has 104 valence electrons. The molecule has 0 saturated carbocycles. The summed E-state index contributed by atoms with van der Waals surface area (Å²) in [5.41, 5.74) is 8.48. The van der Waals surface area contributed by atoms with E-state index in [4.69, 9.17) is 15.7 Å². The van der Waals surface area contributed by atoms with Crippen molar-refractivity contribution < 1.29 is 9.94 Å². The van der Waals surface area contributed by atoms with E-state index in [0.717, 1.165) is 17.7 Å². The number of amidine groups is 1. The van der Waals surface area contributed by atoms with E-state index >= 15 is 0 Å². The monoisotopic (exact) mass is 270 g/mol. The van der Waals surface area contributed by atoms with Crippen molar-refractivity contribution in [1.82, 2.24) is 0 Å². The summed E-state index contributed by atoms with van der Waals surface area (Å²) in [6.45, 7) is 4.03. The van der Waals surface area contributed by atoms with Gasteiger partial charge in [0.25, 0.3) is 0 Å². The Bertz CT molecular complexity index is 636. The molecule has 0 aliphatic rings. The molecule has 0 atom stereocenters. The Labute approximate surface area is 118 Å². The van der Waals surface area contributed by atoms with E-state index in [1.54, 1.807) is 0 Å². The molecule has 0 radical (unpaired) electrons. The Morgan fingerprint density at radius 2 is 2.05 bits per heavy atom. The zero-order valence-electron chi connectivity index (χ0n) is 11.6. The highest BCUT2D eigenvalue weighted by Gasteiger charge is 2.10. The SMILES string of the molecule is CCc1cccc(Oc2ccc(C)cc2/C(N)=N/O)c1. The van der Waals surface area contributed by atoms with Crippen LogP contribution in [0.25, 0.3) is 0 Å². The first kappa shape index (κ1) is 13.9. The predicted octanol–water partition coefficient (Wildman–Crippen LogP) is 3.44. The zero-order valence-corrected chi connectivity index (χ0v) is 11.6. The summed E-state index contributed by atoms with van der Waals surface area (Å²) in [7, 11) is 0. The van der Waals surface area contributed by atoms with Crippen molar-refractivity contribution in [2.24, 2.45) is 10.9 Å². The van der Waals surface area contributed by atoms with Crippen molar-refractivity contribution in [2.45, 2.75) is 20.3 Å². The molecule has 4 nitrogen and oxygen atoms in total. The van der Waals surface area contributed by atoms with Crippen LogP contribution in [0.5, 0.6) is 11.5 Å². The van der Waals surface area contributed by atoms with Gasteiger partial charge >= 0.3 is 0 Å². The summed E-state index contributed by atoms with van der Waals surface area (Å²) in [6.07, 6.45) is 0.943. The molecule has 0 heterocycles. The number of nitrogens with two attached hydrogens (primary N) is 1. The molecule has 0 amide bonds. The summed E-state index contributed by atoms with van der Waals surface area (Å²) >= 11 is 0. The summed E-state index contributed by atoms with van der Waals surface area (Å²) in [5, 5.41) is 11.9. The second kappa shape index (κ2) is 6.10. The third-order valence-corrected chi connectivity index (χ3v) is 3.05. The van der Waals surface area contributed by atoms with Gasteiger partial charge in [0.1, 0.15) is 11.5 Å². The molecule has 0 aliphatic heterocycles. The van der Waals surface area contributed by atoms with Crippen molar-refractivity contribution in [3.05, 3.63) is 59.2 Å². The molecular weight excluding hydrogens is 252 g/mol. The third kappa shape index (κ3) is 3.09. The maximum absolute atomic E-state index is 8.86. The lowest BCUT2D eigenvalue weighted by atomic mass is 10.1. The van der Waals surface area contributed by atoms with Gasteiger partial charge in [-0.3, -0.25) is 0 Å². The van der Waals surface area contributed by atoms with Crippen LogP contribution in [-0.2, 0) is 6.42 Å². The molecule has 0 unspecified atom stereocenters. The largest absolute Gasteiger partial charge is 0.457 e. The van der Waals surface area contributed by atoms with Crippen LogP contribution >= 0.6 is 0 Å². The lowest BCUT2D eigenvalue weighted by Crippen LogP contribution is -2.14. The molecule has 0 fully saturated rings. The fourth-order valence-electron chi connectivity index (χ4n) is 1.94. The summed E-state index contributed by atoms with van der Waals surface area (Å²) in [4.78, 5) is 0. The van der Waals surface area contributed by atoms with Gasteiger partial charge in [-0.15, -0.1) is 0 Å². The number of hydrogen-bond acceptors (Lipinski definition) is 3. The van der Waals surface area contributed by atoms with Crippen molar-refractivity contribution in [3.8, 4) is 11.5 Å². The minimum atomic E-state index is 0.0374. The molecule has 20 heavy (non-hydrogen) atoms.